The van der Waals surface area contributed by atoms with Crippen LogP contribution in [-0.4, -0.2) is 44.7 Å². The van der Waals surface area contributed by atoms with Gasteiger partial charge < -0.3 is 29.5 Å². The van der Waals surface area contributed by atoms with Crippen LogP contribution in [0.2, 0.25) is 0 Å². The highest BCUT2D eigenvalue weighted by atomic mass is 16.6. The van der Waals surface area contributed by atoms with Crippen molar-refractivity contribution >= 4 is 17.6 Å². The van der Waals surface area contributed by atoms with Crippen LogP contribution in [0.4, 0.5) is 0 Å². The van der Waals surface area contributed by atoms with E-state index in [-0.39, 0.29) is 29.3 Å². The van der Waals surface area contributed by atoms with Crippen LogP contribution in [-0.2, 0) is 22.4 Å². The van der Waals surface area contributed by atoms with Gasteiger partial charge in [0.1, 0.15) is 29.3 Å². The van der Waals surface area contributed by atoms with Gasteiger partial charge in [-0.3, -0.25) is 0 Å². The van der Waals surface area contributed by atoms with E-state index in [1.807, 2.05) is 12.1 Å². The fourth-order valence-electron chi connectivity index (χ4n) is 4.47. The summed E-state index contributed by atoms with van der Waals surface area (Å²) in [6.07, 6.45) is 1.95. The molecule has 0 saturated carbocycles. The second kappa shape index (κ2) is 7.61. The molecule has 0 spiro atoms. The van der Waals surface area contributed by atoms with E-state index in [1.54, 1.807) is 58.0 Å². The maximum absolute atomic E-state index is 12.7. The minimum atomic E-state index is -1.00. The van der Waals surface area contributed by atoms with Crippen LogP contribution in [0.25, 0.3) is 11.6 Å². The van der Waals surface area contributed by atoms with Crippen molar-refractivity contribution in [2.45, 2.75) is 63.9 Å². The van der Waals surface area contributed by atoms with E-state index in [4.69, 9.17) is 14.2 Å². The molecule has 2 aromatic carbocycles. The summed E-state index contributed by atoms with van der Waals surface area (Å²) in [5.41, 5.74) is 1.18. The zero-order valence-electron chi connectivity index (χ0n) is 19.6. The number of cyclic esters (lactones) is 1. The monoisotopic (exact) mass is 464 g/mol. The van der Waals surface area contributed by atoms with Gasteiger partial charge in [0.2, 0.25) is 0 Å². The summed E-state index contributed by atoms with van der Waals surface area (Å²) in [5.74, 6) is 0.581. The van der Waals surface area contributed by atoms with Gasteiger partial charge >= 0.3 is 5.97 Å². The molecule has 0 unspecified atom stereocenters. The van der Waals surface area contributed by atoms with E-state index < -0.39 is 17.2 Å². The Morgan fingerprint density at radius 3 is 2.03 bits per heavy atom. The minimum Gasteiger partial charge on any atom is -0.504 e. The number of benzene rings is 2. The third kappa shape index (κ3) is 3.95. The number of fused-ring (bicyclic) bond motifs is 2. The Bertz CT molecular complexity index is 1240. The Morgan fingerprint density at radius 1 is 0.882 bits per heavy atom. The SMILES string of the molecule is CC(C)(O)[C@H]1Cc2cc(/C=C3\OC(=O)C(c4ccc5c(c4)C[C@H](C(C)(C)O)O5)=C3O)ccc2O1. The molecule has 0 amide bonds. The maximum Gasteiger partial charge on any atom is 0.348 e. The summed E-state index contributed by atoms with van der Waals surface area (Å²) in [7, 11) is 0. The average Bonchev–Trinajstić information content (AvgIpc) is 3.42. The van der Waals surface area contributed by atoms with E-state index in [0.29, 0.717) is 29.9 Å². The molecule has 0 aliphatic carbocycles. The van der Waals surface area contributed by atoms with Gasteiger partial charge in [0, 0.05) is 12.8 Å². The fraction of sp³-hybridized carbons (Fsp3) is 0.370. The first-order chi connectivity index (χ1) is 15.9. The predicted molar refractivity (Wildman–Crippen MR) is 125 cm³/mol. The second-order valence-electron chi connectivity index (χ2n) is 10.2. The number of aliphatic hydroxyl groups excluding tert-OH is 1. The van der Waals surface area contributed by atoms with Crippen LogP contribution in [0.5, 0.6) is 11.5 Å². The molecule has 0 saturated heterocycles. The Labute approximate surface area is 197 Å². The first kappa shape index (κ1) is 22.5. The van der Waals surface area contributed by atoms with Crippen molar-refractivity contribution < 1.29 is 34.3 Å². The van der Waals surface area contributed by atoms with E-state index >= 15 is 0 Å². The largest absolute Gasteiger partial charge is 0.504 e. The zero-order valence-corrected chi connectivity index (χ0v) is 19.6. The molecule has 3 aliphatic heterocycles. The molecule has 7 heteroatoms. The Hall–Kier alpha value is -3.29. The molecule has 0 bridgehead atoms. The number of carbonyl (C=O) groups excluding carboxylic acids is 1. The summed E-state index contributed by atoms with van der Waals surface area (Å²) < 4.78 is 17.0. The summed E-state index contributed by atoms with van der Waals surface area (Å²) in [4.78, 5) is 12.7. The van der Waals surface area contributed by atoms with Gasteiger partial charge in [-0.25, -0.2) is 4.79 Å². The number of aliphatic hydroxyl groups is 3. The van der Waals surface area contributed by atoms with Gasteiger partial charge in [0.05, 0.1) is 11.2 Å². The van der Waals surface area contributed by atoms with E-state index in [0.717, 1.165) is 16.7 Å². The molecule has 2 atom stereocenters. The highest BCUT2D eigenvalue weighted by molar-refractivity contribution is 6.21. The third-order valence-electron chi connectivity index (χ3n) is 6.53. The number of rotatable bonds is 4. The van der Waals surface area contributed by atoms with E-state index in [2.05, 4.69) is 0 Å². The standard InChI is InChI=1S/C27H28O7/c1-26(2,30)21-12-16-9-14(5-7-18(16)32-21)10-20-24(28)23(25(29)34-20)15-6-8-19-17(11-15)13-22(33-19)27(3,4)31/h5-11,21-22,28,30-31H,12-13H2,1-4H3/b20-10-/t21-,22-/m1/s1. The smallest absolute Gasteiger partial charge is 0.348 e. The van der Waals surface area contributed by atoms with Crippen molar-refractivity contribution in [2.24, 2.45) is 0 Å². The van der Waals surface area contributed by atoms with Gasteiger partial charge in [-0.15, -0.1) is 0 Å². The van der Waals surface area contributed by atoms with Crippen molar-refractivity contribution in [3.8, 4) is 11.5 Å². The van der Waals surface area contributed by atoms with Crippen molar-refractivity contribution in [1.29, 1.82) is 0 Å². The molecule has 5 rings (SSSR count). The van der Waals surface area contributed by atoms with Crippen LogP contribution in [0, 0.1) is 0 Å². The molecule has 34 heavy (non-hydrogen) atoms. The lowest BCUT2D eigenvalue weighted by Gasteiger charge is -2.24. The topological polar surface area (TPSA) is 105 Å². The lowest BCUT2D eigenvalue weighted by Crippen LogP contribution is -2.39. The highest BCUT2D eigenvalue weighted by Gasteiger charge is 2.37. The molecular formula is C27H28O7. The Balaban J connectivity index is 1.42. The number of carbonyl (C=O) groups is 1. The van der Waals surface area contributed by atoms with E-state index in [1.165, 1.54) is 0 Å². The van der Waals surface area contributed by atoms with Gasteiger partial charge in [-0.05, 0) is 80.3 Å². The maximum atomic E-state index is 12.7. The molecule has 0 aromatic heterocycles. The first-order valence-electron chi connectivity index (χ1n) is 11.3. The molecule has 0 fully saturated rings. The summed E-state index contributed by atoms with van der Waals surface area (Å²) in [5, 5.41) is 31.4. The van der Waals surface area contributed by atoms with Crippen LogP contribution in [0.3, 0.4) is 0 Å². The van der Waals surface area contributed by atoms with Gasteiger partial charge in [0.25, 0.3) is 0 Å². The fourth-order valence-corrected chi connectivity index (χ4v) is 4.47. The van der Waals surface area contributed by atoms with Crippen molar-refractivity contribution in [2.75, 3.05) is 0 Å². The molecule has 3 N–H and O–H groups in total. The predicted octanol–water partition coefficient (Wildman–Crippen LogP) is 3.70. The number of hydrogen-bond acceptors (Lipinski definition) is 7. The highest BCUT2D eigenvalue weighted by Crippen LogP contribution is 2.39. The number of esters is 1. The van der Waals surface area contributed by atoms with Crippen molar-refractivity contribution in [1.82, 2.24) is 0 Å². The molecular weight excluding hydrogens is 436 g/mol. The molecule has 178 valence electrons. The second-order valence-corrected chi connectivity index (χ2v) is 10.2. The molecule has 2 aromatic rings. The molecule has 3 heterocycles. The summed E-state index contributed by atoms with van der Waals surface area (Å²) in [6.45, 7) is 6.82. The van der Waals surface area contributed by atoms with Crippen LogP contribution in [0.15, 0.2) is 47.9 Å². The molecule has 7 nitrogen and oxygen atoms in total. The quantitative estimate of drug-likeness (QED) is 0.593. The normalized spacial score (nSPS) is 23.0. The van der Waals surface area contributed by atoms with Crippen LogP contribution in [0.1, 0.15) is 49.9 Å². The first-order valence-corrected chi connectivity index (χ1v) is 11.3. The van der Waals surface area contributed by atoms with Crippen LogP contribution >= 0.6 is 0 Å². The zero-order chi connectivity index (χ0) is 24.4. The lowest BCUT2D eigenvalue weighted by atomic mass is 9.95. The molecule has 3 aliphatic rings. The summed E-state index contributed by atoms with van der Waals surface area (Å²) >= 11 is 0. The third-order valence-corrected chi connectivity index (χ3v) is 6.53. The van der Waals surface area contributed by atoms with E-state index in [9.17, 15) is 20.1 Å². The van der Waals surface area contributed by atoms with Gasteiger partial charge in [-0.1, -0.05) is 12.1 Å². The number of ether oxygens (including phenoxy) is 3. The van der Waals surface area contributed by atoms with Crippen molar-refractivity contribution in [3.63, 3.8) is 0 Å². The van der Waals surface area contributed by atoms with Gasteiger partial charge in [0.15, 0.2) is 11.5 Å². The summed E-state index contributed by atoms with van der Waals surface area (Å²) in [6, 6.07) is 10.7. The molecule has 0 radical (unpaired) electrons. The lowest BCUT2D eigenvalue weighted by molar-refractivity contribution is -0.131. The van der Waals surface area contributed by atoms with Gasteiger partial charge in [-0.2, -0.15) is 0 Å². The van der Waals surface area contributed by atoms with Crippen molar-refractivity contribution in [3.05, 3.63) is 70.2 Å². The average molecular weight is 465 g/mol. The Kier molecular flexibility index (Phi) is 5.04. The Morgan fingerprint density at radius 2 is 1.44 bits per heavy atom. The number of hydrogen-bond donors (Lipinski definition) is 3. The van der Waals surface area contributed by atoms with Crippen LogP contribution < -0.4 is 9.47 Å². The minimum absolute atomic E-state index is 0.0732.